The molecule has 1 rings (SSSR count). The van der Waals surface area contributed by atoms with Crippen LogP contribution >= 0.6 is 11.8 Å². The Bertz CT molecular complexity index is 560. The summed E-state index contributed by atoms with van der Waals surface area (Å²) < 4.78 is 4.69. The Balaban J connectivity index is 2.39. The first-order valence-electron chi connectivity index (χ1n) is 7.69. The minimum Gasteiger partial charge on any atom is -0.467 e. The van der Waals surface area contributed by atoms with Crippen LogP contribution in [0.1, 0.15) is 28.8 Å². The summed E-state index contributed by atoms with van der Waals surface area (Å²) in [6.45, 7) is 2.15. The molecule has 0 radical (unpaired) electrons. The minimum absolute atomic E-state index is 0.102. The first-order chi connectivity index (χ1) is 11.5. The van der Waals surface area contributed by atoms with E-state index in [2.05, 4.69) is 15.4 Å². The lowest BCUT2D eigenvalue weighted by molar-refractivity contribution is -0.145. The topological polar surface area (TPSA) is 84.5 Å². The third kappa shape index (κ3) is 7.04. The van der Waals surface area contributed by atoms with Gasteiger partial charge in [-0.25, -0.2) is 4.79 Å². The van der Waals surface area contributed by atoms with Gasteiger partial charge in [0.25, 0.3) is 5.91 Å². The average molecular weight is 352 g/mol. The van der Waals surface area contributed by atoms with Crippen LogP contribution in [0.15, 0.2) is 24.3 Å². The Labute approximate surface area is 146 Å². The summed E-state index contributed by atoms with van der Waals surface area (Å²) in [5, 5.41) is 5.33. The maximum Gasteiger partial charge on any atom is 0.328 e. The molecular formula is C17H24N2O4S. The quantitative estimate of drug-likeness (QED) is 0.659. The number of methoxy groups -OCH3 is 1. The molecule has 1 aromatic rings. The molecule has 0 saturated carbocycles. The molecule has 1 unspecified atom stereocenters. The van der Waals surface area contributed by atoms with Gasteiger partial charge in [-0.1, -0.05) is 17.7 Å². The van der Waals surface area contributed by atoms with Gasteiger partial charge >= 0.3 is 5.97 Å². The lowest BCUT2D eigenvalue weighted by Gasteiger charge is -2.16. The number of rotatable bonds is 9. The molecular weight excluding hydrogens is 328 g/mol. The number of esters is 1. The Morgan fingerprint density at radius 1 is 1.21 bits per heavy atom. The van der Waals surface area contributed by atoms with E-state index in [4.69, 9.17) is 0 Å². The minimum atomic E-state index is -0.650. The summed E-state index contributed by atoms with van der Waals surface area (Å²) in [7, 11) is 1.29. The van der Waals surface area contributed by atoms with Gasteiger partial charge in [0.2, 0.25) is 5.91 Å². The van der Waals surface area contributed by atoms with Crippen molar-refractivity contribution in [2.45, 2.75) is 25.8 Å². The maximum absolute atomic E-state index is 11.9. The first-order valence-corrected chi connectivity index (χ1v) is 9.08. The van der Waals surface area contributed by atoms with Gasteiger partial charge in [0.1, 0.15) is 6.04 Å². The van der Waals surface area contributed by atoms with Crippen molar-refractivity contribution < 1.29 is 19.1 Å². The van der Waals surface area contributed by atoms with Crippen molar-refractivity contribution >= 4 is 29.5 Å². The van der Waals surface area contributed by atoms with E-state index in [1.54, 1.807) is 23.9 Å². The van der Waals surface area contributed by atoms with Crippen LogP contribution in [0, 0.1) is 6.92 Å². The largest absolute Gasteiger partial charge is 0.467 e. The number of carbonyl (C=O) groups excluding carboxylic acids is 3. The molecule has 2 amide bonds. The SMILES string of the molecule is COC(=O)C(CCSC)NC(=O)CCNC(=O)c1ccc(C)cc1. The van der Waals surface area contributed by atoms with Gasteiger partial charge < -0.3 is 15.4 Å². The maximum atomic E-state index is 11.9. The van der Waals surface area contributed by atoms with E-state index in [1.165, 1.54) is 7.11 Å². The predicted molar refractivity (Wildman–Crippen MR) is 95.1 cm³/mol. The highest BCUT2D eigenvalue weighted by molar-refractivity contribution is 7.98. The lowest BCUT2D eigenvalue weighted by Crippen LogP contribution is -2.43. The zero-order valence-electron chi connectivity index (χ0n) is 14.3. The number of aryl methyl sites for hydroxylation is 1. The zero-order chi connectivity index (χ0) is 17.9. The number of hydrogen-bond acceptors (Lipinski definition) is 5. The summed E-state index contributed by atoms with van der Waals surface area (Å²) in [6.07, 6.45) is 2.54. The van der Waals surface area contributed by atoms with Gasteiger partial charge in [-0.3, -0.25) is 9.59 Å². The number of thioether (sulfide) groups is 1. The van der Waals surface area contributed by atoms with Crippen molar-refractivity contribution in [2.75, 3.05) is 25.7 Å². The second-order valence-electron chi connectivity index (χ2n) is 5.30. The van der Waals surface area contributed by atoms with E-state index in [1.807, 2.05) is 25.3 Å². The van der Waals surface area contributed by atoms with Crippen molar-refractivity contribution in [1.29, 1.82) is 0 Å². The number of amides is 2. The van der Waals surface area contributed by atoms with Gasteiger partial charge in [-0.15, -0.1) is 0 Å². The van der Waals surface area contributed by atoms with Crippen molar-refractivity contribution in [3.8, 4) is 0 Å². The summed E-state index contributed by atoms with van der Waals surface area (Å²) in [6, 6.07) is 6.53. The number of nitrogens with one attached hydrogen (secondary N) is 2. The van der Waals surface area contributed by atoms with Crippen molar-refractivity contribution in [1.82, 2.24) is 10.6 Å². The van der Waals surface area contributed by atoms with E-state index in [0.717, 1.165) is 11.3 Å². The van der Waals surface area contributed by atoms with Crippen LogP contribution in [-0.2, 0) is 14.3 Å². The van der Waals surface area contributed by atoms with Crippen molar-refractivity contribution in [3.63, 3.8) is 0 Å². The van der Waals surface area contributed by atoms with E-state index in [0.29, 0.717) is 12.0 Å². The van der Waals surface area contributed by atoms with Crippen LogP contribution in [-0.4, -0.2) is 49.5 Å². The predicted octanol–water partition coefficient (Wildman–Crippen LogP) is 1.53. The second-order valence-corrected chi connectivity index (χ2v) is 6.28. The number of carbonyl (C=O) groups is 3. The second kappa shape index (κ2) is 10.7. The number of ether oxygens (including phenoxy) is 1. The fourth-order valence-corrected chi connectivity index (χ4v) is 2.46. The molecule has 7 heteroatoms. The van der Waals surface area contributed by atoms with E-state index in [-0.39, 0.29) is 24.8 Å². The molecule has 0 heterocycles. The van der Waals surface area contributed by atoms with Crippen LogP contribution in [0.25, 0.3) is 0 Å². The molecule has 0 aromatic heterocycles. The van der Waals surface area contributed by atoms with Gasteiger partial charge in [-0.2, -0.15) is 11.8 Å². The summed E-state index contributed by atoms with van der Waals surface area (Å²) in [5.74, 6) is -0.240. The highest BCUT2D eigenvalue weighted by Gasteiger charge is 2.20. The van der Waals surface area contributed by atoms with Gasteiger partial charge in [0.05, 0.1) is 7.11 Å². The molecule has 0 aliphatic heterocycles. The normalized spacial score (nSPS) is 11.5. The molecule has 0 aliphatic rings. The molecule has 24 heavy (non-hydrogen) atoms. The highest BCUT2D eigenvalue weighted by Crippen LogP contribution is 2.04. The van der Waals surface area contributed by atoms with Gasteiger partial charge in [-0.05, 0) is 37.5 Å². The summed E-state index contributed by atoms with van der Waals surface area (Å²) >= 11 is 1.59. The van der Waals surface area contributed by atoms with E-state index in [9.17, 15) is 14.4 Å². The van der Waals surface area contributed by atoms with Crippen LogP contribution in [0.2, 0.25) is 0 Å². The Hall–Kier alpha value is -2.02. The van der Waals surface area contributed by atoms with Gasteiger partial charge in [0.15, 0.2) is 0 Å². The molecule has 0 bridgehead atoms. The Morgan fingerprint density at radius 2 is 1.88 bits per heavy atom. The van der Waals surface area contributed by atoms with Crippen LogP contribution < -0.4 is 10.6 Å². The molecule has 0 spiro atoms. The number of hydrogen-bond donors (Lipinski definition) is 2. The fourth-order valence-electron chi connectivity index (χ4n) is 1.99. The zero-order valence-corrected chi connectivity index (χ0v) is 15.1. The molecule has 132 valence electrons. The third-order valence-electron chi connectivity index (χ3n) is 3.38. The third-order valence-corrected chi connectivity index (χ3v) is 4.03. The molecule has 6 nitrogen and oxygen atoms in total. The van der Waals surface area contributed by atoms with Crippen LogP contribution in [0.3, 0.4) is 0 Å². The van der Waals surface area contributed by atoms with E-state index < -0.39 is 12.0 Å². The molecule has 2 N–H and O–H groups in total. The molecule has 1 aromatic carbocycles. The smallest absolute Gasteiger partial charge is 0.328 e. The number of benzene rings is 1. The van der Waals surface area contributed by atoms with E-state index >= 15 is 0 Å². The summed E-state index contributed by atoms with van der Waals surface area (Å²) in [5.41, 5.74) is 1.62. The molecule has 0 saturated heterocycles. The Morgan fingerprint density at radius 3 is 2.46 bits per heavy atom. The highest BCUT2D eigenvalue weighted by atomic mass is 32.2. The van der Waals surface area contributed by atoms with Crippen LogP contribution in [0.4, 0.5) is 0 Å². The van der Waals surface area contributed by atoms with Crippen molar-refractivity contribution in [3.05, 3.63) is 35.4 Å². The van der Waals surface area contributed by atoms with Crippen molar-refractivity contribution in [2.24, 2.45) is 0 Å². The molecule has 1 atom stereocenters. The molecule has 0 fully saturated rings. The summed E-state index contributed by atoms with van der Waals surface area (Å²) in [4.78, 5) is 35.5. The first kappa shape index (κ1) is 20.0. The fraction of sp³-hybridized carbons (Fsp3) is 0.471. The monoisotopic (exact) mass is 352 g/mol. The lowest BCUT2D eigenvalue weighted by atomic mass is 10.1. The standard InChI is InChI=1S/C17H24N2O4S/c1-12-4-6-13(7-5-12)16(21)18-10-8-15(20)19-14(9-11-24-3)17(22)23-2/h4-7,14H,8-11H2,1-3H3,(H,18,21)(H,19,20). The van der Waals surface area contributed by atoms with Gasteiger partial charge in [0, 0.05) is 18.5 Å². The van der Waals surface area contributed by atoms with Crippen LogP contribution in [0.5, 0.6) is 0 Å². The molecule has 0 aliphatic carbocycles. The Kier molecular flexibility index (Phi) is 8.93. The average Bonchev–Trinajstić information content (AvgIpc) is 2.58.